The lowest BCUT2D eigenvalue weighted by atomic mass is 10.2. The molecule has 0 amide bonds. The summed E-state index contributed by atoms with van der Waals surface area (Å²) in [7, 11) is 0. The van der Waals surface area contributed by atoms with Crippen LogP contribution in [0.4, 0.5) is 4.39 Å². The van der Waals surface area contributed by atoms with Crippen molar-refractivity contribution < 1.29 is 13.9 Å². The summed E-state index contributed by atoms with van der Waals surface area (Å²) in [6.07, 6.45) is 2.63. The van der Waals surface area contributed by atoms with Crippen LogP contribution in [0.1, 0.15) is 26.3 Å². The lowest BCUT2D eigenvalue weighted by Gasteiger charge is -2.17. The van der Waals surface area contributed by atoms with Crippen molar-refractivity contribution in [3.8, 4) is 0 Å². The first-order valence-corrected chi connectivity index (χ1v) is 5.04. The number of rotatable bonds is 2. The molecule has 1 aromatic carbocycles. The average molecular weight is 222 g/mol. The van der Waals surface area contributed by atoms with E-state index in [9.17, 15) is 9.18 Å². The quantitative estimate of drug-likeness (QED) is 0.567. The van der Waals surface area contributed by atoms with E-state index in [0.29, 0.717) is 5.56 Å². The van der Waals surface area contributed by atoms with E-state index in [0.717, 1.165) is 0 Å². The Morgan fingerprint density at radius 3 is 2.50 bits per heavy atom. The molecule has 0 unspecified atom stereocenters. The zero-order valence-electron chi connectivity index (χ0n) is 9.66. The maximum Gasteiger partial charge on any atom is 0.331 e. The zero-order chi connectivity index (χ0) is 12.2. The molecule has 0 aliphatic heterocycles. The smallest absolute Gasteiger partial charge is 0.331 e. The number of ether oxygens (including phenoxy) is 1. The molecule has 0 N–H and O–H groups in total. The van der Waals surface area contributed by atoms with Crippen molar-refractivity contribution in [3.63, 3.8) is 0 Å². The highest BCUT2D eigenvalue weighted by Gasteiger charge is 2.13. The van der Waals surface area contributed by atoms with E-state index < -0.39 is 11.6 Å². The van der Waals surface area contributed by atoms with Crippen LogP contribution in [0.15, 0.2) is 30.3 Å². The van der Waals surface area contributed by atoms with Crippen molar-refractivity contribution >= 4 is 12.0 Å². The molecule has 0 saturated heterocycles. The maximum absolute atomic E-state index is 13.2. The standard InChI is InChI=1S/C13H15FO2/c1-13(2,3)16-12(15)9-8-10-6-4-5-7-11(10)14/h4-9H,1-3H3. The summed E-state index contributed by atoms with van der Waals surface area (Å²) in [4.78, 5) is 11.3. The van der Waals surface area contributed by atoms with Crippen LogP contribution < -0.4 is 0 Å². The molecule has 0 saturated carbocycles. The SMILES string of the molecule is CC(C)(C)OC(=O)C=Cc1ccccc1F. The van der Waals surface area contributed by atoms with Crippen molar-refractivity contribution in [2.45, 2.75) is 26.4 Å². The number of carbonyl (C=O) groups excluding carboxylic acids is 1. The summed E-state index contributed by atoms with van der Waals surface area (Å²) >= 11 is 0. The van der Waals surface area contributed by atoms with Gasteiger partial charge in [-0.3, -0.25) is 0 Å². The molecule has 0 aliphatic carbocycles. The van der Waals surface area contributed by atoms with Gasteiger partial charge in [-0.1, -0.05) is 18.2 Å². The number of hydrogen-bond donors (Lipinski definition) is 0. The zero-order valence-corrected chi connectivity index (χ0v) is 9.66. The Bertz CT molecular complexity index is 403. The fourth-order valence-corrected chi connectivity index (χ4v) is 1.10. The van der Waals surface area contributed by atoms with Crippen molar-refractivity contribution in [1.29, 1.82) is 0 Å². The van der Waals surface area contributed by atoms with E-state index in [2.05, 4.69) is 0 Å². The Morgan fingerprint density at radius 2 is 1.94 bits per heavy atom. The first-order chi connectivity index (χ1) is 7.38. The Morgan fingerprint density at radius 1 is 1.31 bits per heavy atom. The average Bonchev–Trinajstić information content (AvgIpc) is 2.14. The van der Waals surface area contributed by atoms with Crippen LogP contribution in [0.25, 0.3) is 6.08 Å². The van der Waals surface area contributed by atoms with Gasteiger partial charge in [0.05, 0.1) is 0 Å². The summed E-state index contributed by atoms with van der Waals surface area (Å²) in [5, 5.41) is 0. The van der Waals surface area contributed by atoms with Gasteiger partial charge in [0.25, 0.3) is 0 Å². The first-order valence-electron chi connectivity index (χ1n) is 5.04. The summed E-state index contributed by atoms with van der Waals surface area (Å²) in [6.45, 7) is 5.34. The van der Waals surface area contributed by atoms with Crippen LogP contribution in [0.3, 0.4) is 0 Å². The molecule has 0 aliphatic rings. The summed E-state index contributed by atoms with van der Waals surface area (Å²) in [5.41, 5.74) is -0.162. The van der Waals surface area contributed by atoms with E-state index in [4.69, 9.17) is 4.74 Å². The predicted molar refractivity (Wildman–Crippen MR) is 61.3 cm³/mol. The minimum absolute atomic E-state index is 0.359. The highest BCUT2D eigenvalue weighted by molar-refractivity contribution is 5.87. The molecule has 3 heteroatoms. The molecule has 0 fully saturated rings. The third-order valence-electron chi connectivity index (χ3n) is 1.71. The third-order valence-corrected chi connectivity index (χ3v) is 1.71. The lowest BCUT2D eigenvalue weighted by Crippen LogP contribution is -2.22. The molecule has 0 heterocycles. The van der Waals surface area contributed by atoms with Gasteiger partial charge in [-0.05, 0) is 32.9 Å². The van der Waals surface area contributed by atoms with Crippen molar-refractivity contribution in [3.05, 3.63) is 41.7 Å². The minimum atomic E-state index is -0.531. The second kappa shape index (κ2) is 4.92. The van der Waals surface area contributed by atoms with Crippen LogP contribution in [-0.4, -0.2) is 11.6 Å². The highest BCUT2D eigenvalue weighted by atomic mass is 19.1. The molecule has 86 valence electrons. The van der Waals surface area contributed by atoms with E-state index >= 15 is 0 Å². The summed E-state index contributed by atoms with van der Waals surface area (Å²) in [6, 6.07) is 6.24. The van der Waals surface area contributed by atoms with Gasteiger partial charge in [0.15, 0.2) is 0 Å². The van der Waals surface area contributed by atoms with Crippen LogP contribution in [-0.2, 0) is 9.53 Å². The highest BCUT2D eigenvalue weighted by Crippen LogP contribution is 2.10. The topological polar surface area (TPSA) is 26.3 Å². The van der Waals surface area contributed by atoms with Crippen molar-refractivity contribution in [2.75, 3.05) is 0 Å². The van der Waals surface area contributed by atoms with Crippen LogP contribution >= 0.6 is 0 Å². The molecule has 2 nitrogen and oxygen atoms in total. The molecular formula is C13H15FO2. The number of hydrogen-bond acceptors (Lipinski definition) is 2. The molecular weight excluding hydrogens is 207 g/mol. The van der Waals surface area contributed by atoms with E-state index in [1.807, 2.05) is 0 Å². The maximum atomic E-state index is 13.2. The van der Waals surface area contributed by atoms with Gasteiger partial charge in [0.2, 0.25) is 0 Å². The normalized spacial score (nSPS) is 11.8. The number of esters is 1. The van der Waals surface area contributed by atoms with Crippen LogP contribution in [0.2, 0.25) is 0 Å². The fourth-order valence-electron chi connectivity index (χ4n) is 1.10. The van der Waals surface area contributed by atoms with E-state index in [-0.39, 0.29) is 5.82 Å². The Hall–Kier alpha value is -1.64. The van der Waals surface area contributed by atoms with E-state index in [1.165, 1.54) is 18.2 Å². The minimum Gasteiger partial charge on any atom is -0.457 e. The Labute approximate surface area is 94.7 Å². The van der Waals surface area contributed by atoms with Gasteiger partial charge in [0.1, 0.15) is 11.4 Å². The molecule has 0 bridgehead atoms. The molecule has 0 aromatic heterocycles. The van der Waals surface area contributed by atoms with Crippen molar-refractivity contribution in [2.24, 2.45) is 0 Å². The van der Waals surface area contributed by atoms with Gasteiger partial charge >= 0.3 is 5.97 Å². The predicted octanol–water partition coefficient (Wildman–Crippen LogP) is 3.18. The van der Waals surface area contributed by atoms with Gasteiger partial charge < -0.3 is 4.74 Å². The number of benzene rings is 1. The largest absolute Gasteiger partial charge is 0.457 e. The van der Waals surface area contributed by atoms with Gasteiger partial charge in [-0.15, -0.1) is 0 Å². The molecule has 1 aromatic rings. The summed E-state index contributed by atoms with van der Waals surface area (Å²) < 4.78 is 18.2. The molecule has 1 rings (SSSR count). The first kappa shape index (κ1) is 12.4. The summed E-state index contributed by atoms with van der Waals surface area (Å²) in [5.74, 6) is -0.835. The fraction of sp³-hybridized carbons (Fsp3) is 0.308. The van der Waals surface area contributed by atoms with E-state index in [1.54, 1.807) is 39.0 Å². The van der Waals surface area contributed by atoms with Crippen LogP contribution in [0.5, 0.6) is 0 Å². The number of carbonyl (C=O) groups is 1. The Kier molecular flexibility index (Phi) is 3.82. The van der Waals surface area contributed by atoms with Gasteiger partial charge in [0, 0.05) is 11.6 Å². The second-order valence-corrected chi connectivity index (χ2v) is 4.39. The molecule has 0 atom stereocenters. The second-order valence-electron chi connectivity index (χ2n) is 4.39. The van der Waals surface area contributed by atoms with Crippen molar-refractivity contribution in [1.82, 2.24) is 0 Å². The van der Waals surface area contributed by atoms with Gasteiger partial charge in [-0.25, -0.2) is 9.18 Å². The molecule has 0 radical (unpaired) electrons. The molecule has 16 heavy (non-hydrogen) atoms. The Balaban J connectivity index is 2.68. The monoisotopic (exact) mass is 222 g/mol. The lowest BCUT2D eigenvalue weighted by molar-refractivity contribution is -0.148. The molecule has 0 spiro atoms. The van der Waals surface area contributed by atoms with Crippen LogP contribution in [0, 0.1) is 5.82 Å². The number of halogens is 1. The third kappa shape index (κ3) is 4.26. The van der Waals surface area contributed by atoms with Gasteiger partial charge in [-0.2, -0.15) is 0 Å².